The standard InChI is InChI=1S/C15H17NO4/c1-15-8-10(16(13(15)17)14(18)20-3)6-9-4-5-11(19-2)7-12(9)15/h4-5,7,10H,6,8H2,1-3H3/t10-,15-/m1/s1. The van der Waals surface area contributed by atoms with Crippen LogP contribution in [0, 0.1) is 0 Å². The van der Waals surface area contributed by atoms with Crippen LogP contribution in [0.1, 0.15) is 24.5 Å². The van der Waals surface area contributed by atoms with Gasteiger partial charge in [-0.3, -0.25) is 4.79 Å². The van der Waals surface area contributed by atoms with Gasteiger partial charge in [-0.15, -0.1) is 0 Å². The Bertz CT molecular complexity index is 598. The van der Waals surface area contributed by atoms with Crippen molar-refractivity contribution in [3.63, 3.8) is 0 Å². The normalized spacial score (nSPS) is 27.2. The molecule has 0 spiro atoms. The van der Waals surface area contributed by atoms with Crippen LogP contribution in [-0.2, 0) is 21.4 Å². The van der Waals surface area contributed by atoms with E-state index in [4.69, 9.17) is 9.47 Å². The molecule has 1 saturated heterocycles. The van der Waals surface area contributed by atoms with Gasteiger partial charge < -0.3 is 9.47 Å². The number of ether oxygens (including phenoxy) is 2. The largest absolute Gasteiger partial charge is 0.497 e. The van der Waals surface area contributed by atoms with E-state index in [1.54, 1.807) is 7.11 Å². The molecule has 1 fully saturated rings. The molecule has 1 aromatic rings. The molecular formula is C15H17NO4. The molecule has 0 radical (unpaired) electrons. The molecule has 5 nitrogen and oxygen atoms in total. The van der Waals surface area contributed by atoms with Gasteiger partial charge in [0.2, 0.25) is 5.91 Å². The lowest BCUT2D eigenvalue weighted by atomic mass is 9.72. The van der Waals surface area contributed by atoms with E-state index in [0.717, 1.165) is 16.9 Å². The van der Waals surface area contributed by atoms with Crippen molar-refractivity contribution < 1.29 is 19.1 Å². The number of hydrogen-bond acceptors (Lipinski definition) is 4. The first-order valence-electron chi connectivity index (χ1n) is 6.60. The summed E-state index contributed by atoms with van der Waals surface area (Å²) in [5.41, 5.74) is 1.40. The molecule has 20 heavy (non-hydrogen) atoms. The van der Waals surface area contributed by atoms with E-state index >= 15 is 0 Å². The fourth-order valence-electron chi connectivity index (χ4n) is 3.43. The second-order valence-electron chi connectivity index (χ2n) is 5.56. The highest BCUT2D eigenvalue weighted by molar-refractivity contribution is 6.01. The van der Waals surface area contributed by atoms with E-state index in [-0.39, 0.29) is 11.9 Å². The van der Waals surface area contributed by atoms with Crippen molar-refractivity contribution in [1.82, 2.24) is 4.90 Å². The lowest BCUT2D eigenvalue weighted by Crippen LogP contribution is -2.40. The molecule has 0 saturated carbocycles. The highest BCUT2D eigenvalue weighted by atomic mass is 16.5. The predicted octanol–water partition coefficient (Wildman–Crippen LogP) is 1.88. The van der Waals surface area contributed by atoms with Crippen LogP contribution >= 0.6 is 0 Å². The van der Waals surface area contributed by atoms with Crippen LogP contribution in [0.15, 0.2) is 18.2 Å². The van der Waals surface area contributed by atoms with Gasteiger partial charge in [-0.1, -0.05) is 6.07 Å². The number of hydrogen-bond donors (Lipinski definition) is 0. The van der Waals surface area contributed by atoms with Gasteiger partial charge in [0.05, 0.1) is 19.6 Å². The highest BCUT2D eigenvalue weighted by Gasteiger charge is 2.55. The summed E-state index contributed by atoms with van der Waals surface area (Å²) in [4.78, 5) is 25.8. The smallest absolute Gasteiger partial charge is 0.416 e. The lowest BCUT2D eigenvalue weighted by Gasteiger charge is -2.29. The fourth-order valence-corrected chi connectivity index (χ4v) is 3.43. The molecule has 1 heterocycles. The summed E-state index contributed by atoms with van der Waals surface area (Å²) in [5.74, 6) is 0.550. The van der Waals surface area contributed by atoms with E-state index in [9.17, 15) is 9.59 Å². The zero-order valence-electron chi connectivity index (χ0n) is 11.8. The van der Waals surface area contributed by atoms with Crippen molar-refractivity contribution in [2.24, 2.45) is 0 Å². The first-order valence-corrected chi connectivity index (χ1v) is 6.60. The molecule has 2 bridgehead atoms. The van der Waals surface area contributed by atoms with Crippen molar-refractivity contribution in [2.75, 3.05) is 14.2 Å². The molecule has 2 atom stereocenters. The highest BCUT2D eigenvalue weighted by Crippen LogP contribution is 2.47. The fraction of sp³-hybridized carbons (Fsp3) is 0.467. The van der Waals surface area contributed by atoms with Gasteiger partial charge >= 0.3 is 6.09 Å². The lowest BCUT2D eigenvalue weighted by molar-refractivity contribution is -0.130. The van der Waals surface area contributed by atoms with Gasteiger partial charge in [-0.25, -0.2) is 9.69 Å². The number of carbonyl (C=O) groups excluding carboxylic acids is 2. The van der Waals surface area contributed by atoms with Gasteiger partial charge in [0.1, 0.15) is 5.75 Å². The topological polar surface area (TPSA) is 55.8 Å². The third kappa shape index (κ3) is 1.55. The first-order chi connectivity index (χ1) is 9.51. The van der Waals surface area contributed by atoms with Crippen molar-refractivity contribution >= 4 is 12.0 Å². The van der Waals surface area contributed by atoms with Crippen LogP contribution in [0.4, 0.5) is 4.79 Å². The predicted molar refractivity (Wildman–Crippen MR) is 71.7 cm³/mol. The Morgan fingerprint density at radius 3 is 2.80 bits per heavy atom. The summed E-state index contributed by atoms with van der Waals surface area (Å²) >= 11 is 0. The number of amides is 2. The summed E-state index contributed by atoms with van der Waals surface area (Å²) in [7, 11) is 2.91. The number of imide groups is 1. The second-order valence-corrected chi connectivity index (χ2v) is 5.56. The van der Waals surface area contributed by atoms with E-state index in [0.29, 0.717) is 12.8 Å². The van der Waals surface area contributed by atoms with Gasteiger partial charge in [-0.05, 0) is 43.0 Å². The molecule has 0 unspecified atom stereocenters. The number of methoxy groups -OCH3 is 2. The van der Waals surface area contributed by atoms with E-state index < -0.39 is 11.5 Å². The third-order valence-electron chi connectivity index (χ3n) is 4.44. The Balaban J connectivity index is 2.10. The van der Waals surface area contributed by atoms with Crippen LogP contribution < -0.4 is 4.74 Å². The molecule has 2 amide bonds. The van der Waals surface area contributed by atoms with E-state index in [1.165, 1.54) is 12.0 Å². The molecule has 1 aliphatic carbocycles. The summed E-state index contributed by atoms with van der Waals surface area (Å²) < 4.78 is 9.99. The van der Waals surface area contributed by atoms with Crippen LogP contribution in [0.2, 0.25) is 0 Å². The number of fused-ring (bicyclic) bond motifs is 4. The van der Waals surface area contributed by atoms with Crippen molar-refractivity contribution in [2.45, 2.75) is 31.2 Å². The Morgan fingerprint density at radius 2 is 2.15 bits per heavy atom. The maximum atomic E-state index is 12.7. The second kappa shape index (κ2) is 4.23. The van der Waals surface area contributed by atoms with Gasteiger partial charge in [0, 0.05) is 6.04 Å². The Morgan fingerprint density at radius 1 is 1.40 bits per heavy atom. The Kier molecular flexibility index (Phi) is 2.74. The maximum absolute atomic E-state index is 12.7. The molecule has 106 valence electrons. The summed E-state index contributed by atoms with van der Waals surface area (Å²) in [6.45, 7) is 1.89. The minimum Gasteiger partial charge on any atom is -0.497 e. The van der Waals surface area contributed by atoms with E-state index in [1.807, 2.05) is 25.1 Å². The molecule has 0 N–H and O–H groups in total. The zero-order valence-corrected chi connectivity index (χ0v) is 11.8. The molecule has 1 aromatic carbocycles. The van der Waals surface area contributed by atoms with Gasteiger partial charge in [0.25, 0.3) is 0 Å². The monoisotopic (exact) mass is 275 g/mol. The van der Waals surface area contributed by atoms with Crippen molar-refractivity contribution in [1.29, 1.82) is 0 Å². The SMILES string of the molecule is COC(=O)N1C(=O)[C@]2(C)C[C@H]1Cc1ccc(OC)cc12. The van der Waals surface area contributed by atoms with Gasteiger partial charge in [-0.2, -0.15) is 0 Å². The number of likely N-dealkylation sites (tertiary alicyclic amines) is 1. The van der Waals surface area contributed by atoms with Crippen LogP contribution in [-0.4, -0.2) is 37.2 Å². The molecule has 3 rings (SSSR count). The maximum Gasteiger partial charge on any atom is 0.416 e. The first kappa shape index (κ1) is 13.0. The molecule has 5 heteroatoms. The quantitative estimate of drug-likeness (QED) is 0.785. The summed E-state index contributed by atoms with van der Waals surface area (Å²) in [5, 5.41) is 0. The summed E-state index contributed by atoms with van der Waals surface area (Å²) in [6, 6.07) is 5.66. The average Bonchev–Trinajstić information content (AvgIpc) is 2.66. The van der Waals surface area contributed by atoms with Crippen LogP contribution in [0.25, 0.3) is 0 Å². The molecular weight excluding hydrogens is 258 g/mol. The Labute approximate surface area is 117 Å². The minimum absolute atomic E-state index is 0.110. The number of rotatable bonds is 1. The van der Waals surface area contributed by atoms with Crippen molar-refractivity contribution in [3.8, 4) is 5.75 Å². The van der Waals surface area contributed by atoms with Crippen LogP contribution in [0.3, 0.4) is 0 Å². The Hall–Kier alpha value is -2.04. The molecule has 2 aliphatic rings. The zero-order chi connectivity index (χ0) is 14.5. The summed E-state index contributed by atoms with van der Waals surface area (Å²) in [6.07, 6.45) is 0.750. The number of carbonyl (C=O) groups is 2. The van der Waals surface area contributed by atoms with Crippen LogP contribution in [0.5, 0.6) is 5.75 Å². The average molecular weight is 275 g/mol. The van der Waals surface area contributed by atoms with Crippen molar-refractivity contribution in [3.05, 3.63) is 29.3 Å². The number of nitrogens with zero attached hydrogens (tertiary/aromatic N) is 1. The third-order valence-corrected chi connectivity index (χ3v) is 4.44. The molecule has 0 aromatic heterocycles. The molecule has 1 aliphatic heterocycles. The minimum atomic E-state index is -0.666. The number of benzene rings is 1. The van der Waals surface area contributed by atoms with Gasteiger partial charge in [0.15, 0.2) is 0 Å². The van der Waals surface area contributed by atoms with E-state index in [2.05, 4.69) is 0 Å².